The van der Waals surface area contributed by atoms with Crippen LogP contribution >= 0.6 is 0 Å². The Labute approximate surface area is 116 Å². The van der Waals surface area contributed by atoms with Gasteiger partial charge in [0, 0.05) is 13.6 Å². The van der Waals surface area contributed by atoms with Crippen LogP contribution in [0.2, 0.25) is 0 Å². The number of urea groups is 1. The van der Waals surface area contributed by atoms with Gasteiger partial charge < -0.3 is 20.1 Å². The topological polar surface area (TPSA) is 78.9 Å². The molecular weight excluding hydrogens is 267 g/mol. The first kappa shape index (κ1) is 15.7. The van der Waals surface area contributed by atoms with Crippen molar-refractivity contribution >= 4 is 12.0 Å². The van der Waals surface area contributed by atoms with E-state index in [-0.39, 0.29) is 38.0 Å². The molecule has 1 aromatic carbocycles. The molecule has 0 aliphatic rings. The van der Waals surface area contributed by atoms with Crippen molar-refractivity contribution in [3.63, 3.8) is 0 Å². The molecule has 0 aliphatic carbocycles. The Bertz CT molecular complexity index is 450. The fourth-order valence-corrected chi connectivity index (χ4v) is 1.36. The van der Waals surface area contributed by atoms with Crippen molar-refractivity contribution < 1.29 is 23.8 Å². The van der Waals surface area contributed by atoms with E-state index in [2.05, 4.69) is 5.32 Å². The molecule has 20 heavy (non-hydrogen) atoms. The first-order valence-electron chi connectivity index (χ1n) is 6.08. The molecule has 0 radical (unpaired) electrons. The van der Waals surface area contributed by atoms with Gasteiger partial charge in [-0.15, -0.1) is 0 Å². The van der Waals surface area contributed by atoms with E-state index in [1.54, 1.807) is 0 Å². The van der Waals surface area contributed by atoms with E-state index in [0.29, 0.717) is 5.75 Å². The average Bonchev–Trinajstić information content (AvgIpc) is 2.42. The number of carbonyl (C=O) groups is 2. The van der Waals surface area contributed by atoms with E-state index in [0.717, 1.165) is 0 Å². The first-order valence-corrected chi connectivity index (χ1v) is 6.08. The highest BCUT2D eigenvalue weighted by Crippen LogP contribution is 2.10. The predicted octanol–water partition coefficient (Wildman–Crippen LogP) is 1.32. The number of aliphatic carboxylic acids is 1. The summed E-state index contributed by atoms with van der Waals surface area (Å²) in [6.45, 7) is 0.651. The van der Waals surface area contributed by atoms with Gasteiger partial charge in [-0.3, -0.25) is 4.79 Å². The van der Waals surface area contributed by atoms with Crippen LogP contribution in [-0.2, 0) is 4.79 Å². The molecule has 0 bridgehead atoms. The van der Waals surface area contributed by atoms with Crippen LogP contribution in [-0.4, -0.2) is 48.8 Å². The van der Waals surface area contributed by atoms with E-state index in [9.17, 15) is 14.0 Å². The second kappa shape index (κ2) is 7.98. The van der Waals surface area contributed by atoms with Gasteiger partial charge in [0.05, 0.1) is 13.0 Å². The van der Waals surface area contributed by atoms with Crippen molar-refractivity contribution in [2.24, 2.45) is 0 Å². The van der Waals surface area contributed by atoms with Gasteiger partial charge in [-0.1, -0.05) is 0 Å². The zero-order chi connectivity index (χ0) is 15.0. The number of halogens is 1. The van der Waals surface area contributed by atoms with Gasteiger partial charge in [0.2, 0.25) is 0 Å². The Morgan fingerprint density at radius 2 is 2.00 bits per heavy atom. The third-order valence-corrected chi connectivity index (χ3v) is 2.47. The highest BCUT2D eigenvalue weighted by molar-refractivity contribution is 5.74. The lowest BCUT2D eigenvalue weighted by Gasteiger charge is -2.17. The molecule has 0 unspecified atom stereocenters. The molecular formula is C13H17FN2O4. The molecule has 0 atom stereocenters. The molecule has 1 rings (SSSR count). The SMILES string of the molecule is CN(CCC(=O)O)C(=O)NCCOc1ccc(F)cc1. The van der Waals surface area contributed by atoms with E-state index >= 15 is 0 Å². The second-order valence-corrected chi connectivity index (χ2v) is 4.10. The van der Waals surface area contributed by atoms with E-state index < -0.39 is 5.97 Å². The maximum absolute atomic E-state index is 12.6. The molecule has 0 fully saturated rings. The van der Waals surface area contributed by atoms with Gasteiger partial charge in [0.1, 0.15) is 18.2 Å². The van der Waals surface area contributed by atoms with Gasteiger partial charge >= 0.3 is 12.0 Å². The number of benzene rings is 1. The number of nitrogens with zero attached hydrogens (tertiary/aromatic N) is 1. The van der Waals surface area contributed by atoms with Gasteiger partial charge in [-0.2, -0.15) is 0 Å². The molecule has 0 saturated heterocycles. The van der Waals surface area contributed by atoms with Crippen LogP contribution < -0.4 is 10.1 Å². The minimum Gasteiger partial charge on any atom is -0.492 e. The molecule has 7 heteroatoms. The molecule has 1 aromatic rings. The maximum atomic E-state index is 12.6. The maximum Gasteiger partial charge on any atom is 0.317 e. The summed E-state index contributed by atoms with van der Waals surface area (Å²) < 4.78 is 17.9. The summed E-state index contributed by atoms with van der Waals surface area (Å²) in [6, 6.07) is 5.20. The monoisotopic (exact) mass is 284 g/mol. The van der Waals surface area contributed by atoms with Crippen LogP contribution in [0.25, 0.3) is 0 Å². The predicted molar refractivity (Wildman–Crippen MR) is 70.2 cm³/mol. The Hall–Kier alpha value is -2.31. The van der Waals surface area contributed by atoms with Gasteiger partial charge in [-0.05, 0) is 24.3 Å². The standard InChI is InChI=1S/C13H17FN2O4/c1-16(8-6-12(17)18)13(19)15-7-9-20-11-4-2-10(14)3-5-11/h2-5H,6-9H2,1H3,(H,15,19)(H,17,18). The second-order valence-electron chi connectivity index (χ2n) is 4.10. The number of hydrogen-bond acceptors (Lipinski definition) is 3. The highest BCUT2D eigenvalue weighted by Gasteiger charge is 2.09. The van der Waals surface area contributed by atoms with Crippen LogP contribution in [0.15, 0.2) is 24.3 Å². The Morgan fingerprint density at radius 3 is 2.60 bits per heavy atom. The number of hydrogen-bond donors (Lipinski definition) is 2. The normalized spacial score (nSPS) is 9.90. The Morgan fingerprint density at radius 1 is 1.35 bits per heavy atom. The molecule has 6 nitrogen and oxygen atoms in total. The number of rotatable bonds is 7. The van der Waals surface area contributed by atoms with Crippen molar-refractivity contribution in [2.45, 2.75) is 6.42 Å². The van der Waals surface area contributed by atoms with Crippen LogP contribution in [0, 0.1) is 5.82 Å². The third-order valence-electron chi connectivity index (χ3n) is 2.47. The van der Waals surface area contributed by atoms with Gasteiger partial charge in [0.25, 0.3) is 0 Å². The fraction of sp³-hybridized carbons (Fsp3) is 0.385. The lowest BCUT2D eigenvalue weighted by molar-refractivity contribution is -0.137. The molecule has 110 valence electrons. The zero-order valence-electron chi connectivity index (χ0n) is 11.1. The highest BCUT2D eigenvalue weighted by atomic mass is 19.1. The van der Waals surface area contributed by atoms with Crippen molar-refractivity contribution in [1.82, 2.24) is 10.2 Å². The van der Waals surface area contributed by atoms with Gasteiger partial charge in [-0.25, -0.2) is 9.18 Å². The van der Waals surface area contributed by atoms with Crippen LogP contribution in [0.4, 0.5) is 9.18 Å². The quantitative estimate of drug-likeness (QED) is 0.740. The minimum absolute atomic E-state index is 0.101. The summed E-state index contributed by atoms with van der Waals surface area (Å²) in [7, 11) is 1.51. The summed E-state index contributed by atoms with van der Waals surface area (Å²) in [5.41, 5.74) is 0. The van der Waals surface area contributed by atoms with E-state index in [1.165, 1.54) is 36.2 Å². The number of carboxylic acids is 1. The lowest BCUT2D eigenvalue weighted by Crippen LogP contribution is -2.40. The molecule has 0 saturated carbocycles. The van der Waals surface area contributed by atoms with Crippen LogP contribution in [0.1, 0.15) is 6.42 Å². The van der Waals surface area contributed by atoms with Crippen molar-refractivity contribution in [3.05, 3.63) is 30.1 Å². The fourth-order valence-electron chi connectivity index (χ4n) is 1.36. The number of carbonyl (C=O) groups excluding carboxylic acids is 1. The third kappa shape index (κ3) is 6.03. The molecule has 0 spiro atoms. The molecule has 0 aliphatic heterocycles. The van der Waals surface area contributed by atoms with Gasteiger partial charge in [0.15, 0.2) is 0 Å². The summed E-state index contributed by atoms with van der Waals surface area (Å²) in [4.78, 5) is 23.2. The summed E-state index contributed by atoms with van der Waals surface area (Å²) >= 11 is 0. The molecule has 2 N–H and O–H groups in total. The van der Waals surface area contributed by atoms with Crippen LogP contribution in [0.5, 0.6) is 5.75 Å². The molecule has 2 amide bonds. The largest absolute Gasteiger partial charge is 0.492 e. The Kier molecular flexibility index (Phi) is 6.28. The zero-order valence-corrected chi connectivity index (χ0v) is 11.1. The minimum atomic E-state index is -0.954. The van der Waals surface area contributed by atoms with Crippen molar-refractivity contribution in [1.29, 1.82) is 0 Å². The van der Waals surface area contributed by atoms with E-state index in [4.69, 9.17) is 9.84 Å². The smallest absolute Gasteiger partial charge is 0.317 e. The number of ether oxygens (including phenoxy) is 1. The molecule has 0 aromatic heterocycles. The summed E-state index contributed by atoms with van der Waals surface area (Å²) in [5, 5.41) is 11.1. The summed E-state index contributed by atoms with van der Waals surface area (Å²) in [5.74, 6) is -0.783. The lowest BCUT2D eigenvalue weighted by atomic mass is 10.3. The number of amides is 2. The molecule has 0 heterocycles. The number of nitrogens with one attached hydrogen (secondary N) is 1. The summed E-state index contributed by atoms with van der Waals surface area (Å²) in [6.07, 6.45) is -0.101. The number of carboxylic acid groups (broad SMARTS) is 1. The van der Waals surface area contributed by atoms with E-state index in [1.807, 2.05) is 0 Å². The average molecular weight is 284 g/mol. The van der Waals surface area contributed by atoms with Crippen molar-refractivity contribution in [2.75, 3.05) is 26.7 Å². The first-order chi connectivity index (χ1) is 9.49. The van der Waals surface area contributed by atoms with Crippen molar-refractivity contribution in [3.8, 4) is 5.75 Å². The Balaban J connectivity index is 2.18. The van der Waals surface area contributed by atoms with Crippen LogP contribution in [0.3, 0.4) is 0 Å².